The predicted molar refractivity (Wildman–Crippen MR) is 110 cm³/mol. The van der Waals surface area contributed by atoms with E-state index in [1.165, 1.54) is 31.4 Å². The number of pyridine rings is 1. The quantitative estimate of drug-likeness (QED) is 0.637. The maximum absolute atomic E-state index is 13.4. The van der Waals surface area contributed by atoms with Gasteiger partial charge in [-0.15, -0.1) is 0 Å². The molecule has 0 unspecified atom stereocenters. The summed E-state index contributed by atoms with van der Waals surface area (Å²) in [5.74, 6) is -0.877. The summed E-state index contributed by atoms with van der Waals surface area (Å²) in [6, 6.07) is 17.8. The van der Waals surface area contributed by atoms with Crippen molar-refractivity contribution in [2.45, 2.75) is 6.54 Å². The maximum atomic E-state index is 13.4. The van der Waals surface area contributed by atoms with Crippen molar-refractivity contribution < 1.29 is 18.7 Å². The molecule has 0 bridgehead atoms. The summed E-state index contributed by atoms with van der Waals surface area (Å²) in [5, 5.41) is 3.05. The van der Waals surface area contributed by atoms with Crippen molar-refractivity contribution in [3.05, 3.63) is 95.7 Å². The maximum Gasteiger partial charge on any atom is 0.278 e. The van der Waals surface area contributed by atoms with E-state index < -0.39 is 17.6 Å². The van der Waals surface area contributed by atoms with Crippen molar-refractivity contribution in [2.24, 2.45) is 0 Å². The molecular weight excluding hydrogens is 385 g/mol. The molecule has 1 N–H and O–H groups in total. The monoisotopic (exact) mass is 403 g/mol. The lowest BCUT2D eigenvalue weighted by Gasteiger charge is -2.15. The summed E-state index contributed by atoms with van der Waals surface area (Å²) >= 11 is 0. The average Bonchev–Trinajstić information content (AvgIpc) is 3.00. The number of amides is 2. The molecule has 7 heteroatoms. The number of hydrogen-bond donors (Lipinski definition) is 1. The fraction of sp³-hybridized carbons (Fsp3) is 0.0870. The first-order chi connectivity index (χ1) is 14.6. The highest BCUT2D eigenvalue weighted by Crippen LogP contribution is 2.33. The Morgan fingerprint density at radius 2 is 1.70 bits per heavy atom. The lowest BCUT2D eigenvalue weighted by molar-refractivity contribution is -0.137. The number of methoxy groups -OCH3 is 1. The summed E-state index contributed by atoms with van der Waals surface area (Å²) in [5.41, 5.74) is 1.83. The summed E-state index contributed by atoms with van der Waals surface area (Å²) in [7, 11) is 1.52. The van der Waals surface area contributed by atoms with Crippen molar-refractivity contribution in [3.8, 4) is 5.75 Å². The highest BCUT2D eigenvalue weighted by Gasteiger charge is 2.39. The molecule has 0 saturated heterocycles. The SMILES string of the molecule is COc1ccccc1NC1=C(c2ccc(F)cc2)C(=O)N(Cc2ccccn2)C1=O. The second kappa shape index (κ2) is 8.16. The number of rotatable bonds is 6. The standard InChI is InChI=1S/C23H18FN3O3/c1-30-19-8-3-2-7-18(19)26-21-20(15-9-11-16(24)12-10-15)22(28)27(23(21)29)14-17-6-4-5-13-25-17/h2-13,26H,14H2,1H3. The van der Waals surface area contributed by atoms with Crippen LogP contribution in [0.2, 0.25) is 0 Å². The van der Waals surface area contributed by atoms with Crippen molar-refractivity contribution in [2.75, 3.05) is 12.4 Å². The molecule has 1 aliphatic heterocycles. The Hall–Kier alpha value is -4.00. The number of anilines is 1. The number of imide groups is 1. The average molecular weight is 403 g/mol. The number of para-hydroxylation sites is 2. The first kappa shape index (κ1) is 19.3. The van der Waals surface area contributed by atoms with Crippen LogP contribution in [-0.4, -0.2) is 28.8 Å². The molecule has 4 rings (SSSR count). The Morgan fingerprint density at radius 3 is 2.40 bits per heavy atom. The second-order valence-corrected chi connectivity index (χ2v) is 6.60. The lowest BCUT2D eigenvalue weighted by Crippen LogP contribution is -2.32. The Bertz CT molecular complexity index is 1130. The molecule has 2 aromatic carbocycles. The van der Waals surface area contributed by atoms with Gasteiger partial charge in [-0.05, 0) is 42.0 Å². The van der Waals surface area contributed by atoms with Gasteiger partial charge in [0.05, 0.1) is 30.6 Å². The highest BCUT2D eigenvalue weighted by molar-refractivity contribution is 6.36. The molecule has 2 amide bonds. The molecule has 0 aliphatic carbocycles. The van der Waals surface area contributed by atoms with Crippen molar-refractivity contribution in [1.82, 2.24) is 9.88 Å². The van der Waals surface area contributed by atoms with E-state index in [9.17, 15) is 14.0 Å². The van der Waals surface area contributed by atoms with Gasteiger partial charge >= 0.3 is 0 Å². The number of ether oxygens (including phenoxy) is 1. The Morgan fingerprint density at radius 1 is 0.967 bits per heavy atom. The van der Waals surface area contributed by atoms with Gasteiger partial charge in [-0.25, -0.2) is 4.39 Å². The van der Waals surface area contributed by atoms with Gasteiger partial charge in [-0.1, -0.05) is 30.3 Å². The van der Waals surface area contributed by atoms with Gasteiger partial charge in [-0.3, -0.25) is 19.5 Å². The molecule has 6 nitrogen and oxygen atoms in total. The fourth-order valence-corrected chi connectivity index (χ4v) is 3.26. The number of nitrogens with one attached hydrogen (secondary N) is 1. The summed E-state index contributed by atoms with van der Waals surface area (Å²) < 4.78 is 18.8. The molecule has 0 spiro atoms. The molecule has 0 radical (unpaired) electrons. The van der Waals surface area contributed by atoms with Gasteiger partial charge in [0, 0.05) is 6.20 Å². The number of nitrogens with zero attached hydrogens (tertiary/aromatic N) is 2. The van der Waals surface area contributed by atoms with Crippen LogP contribution in [0, 0.1) is 5.82 Å². The number of aromatic nitrogens is 1. The van der Waals surface area contributed by atoms with E-state index in [1.807, 2.05) is 0 Å². The molecule has 0 saturated carbocycles. The van der Waals surface area contributed by atoms with Crippen LogP contribution in [-0.2, 0) is 16.1 Å². The summed E-state index contributed by atoms with van der Waals surface area (Å²) in [4.78, 5) is 31.8. The predicted octanol–water partition coefficient (Wildman–Crippen LogP) is 3.62. The van der Waals surface area contributed by atoms with Crippen LogP contribution in [0.1, 0.15) is 11.3 Å². The number of hydrogen-bond acceptors (Lipinski definition) is 5. The molecule has 0 fully saturated rings. The minimum Gasteiger partial charge on any atom is -0.495 e. The van der Waals surface area contributed by atoms with Gasteiger partial charge < -0.3 is 10.1 Å². The van der Waals surface area contributed by atoms with Crippen molar-refractivity contribution in [3.63, 3.8) is 0 Å². The normalized spacial score (nSPS) is 13.7. The van der Waals surface area contributed by atoms with E-state index in [1.54, 1.807) is 48.7 Å². The number of carbonyl (C=O) groups excluding carboxylic acids is 2. The van der Waals surface area contributed by atoms with Crippen LogP contribution in [0.25, 0.3) is 5.57 Å². The van der Waals surface area contributed by atoms with E-state index in [0.717, 1.165) is 4.90 Å². The first-order valence-electron chi connectivity index (χ1n) is 9.25. The van der Waals surface area contributed by atoms with E-state index in [0.29, 0.717) is 22.7 Å². The highest BCUT2D eigenvalue weighted by atomic mass is 19.1. The minimum absolute atomic E-state index is 0.0281. The molecule has 2 heterocycles. The van der Waals surface area contributed by atoms with Crippen LogP contribution in [0.15, 0.2) is 78.6 Å². The Labute approximate surface area is 172 Å². The third kappa shape index (κ3) is 3.65. The molecule has 1 aromatic heterocycles. The molecule has 30 heavy (non-hydrogen) atoms. The summed E-state index contributed by atoms with van der Waals surface area (Å²) in [6.07, 6.45) is 1.60. The molecule has 3 aromatic rings. The molecule has 1 aliphatic rings. The van der Waals surface area contributed by atoms with Gasteiger partial charge in [0.2, 0.25) is 0 Å². The zero-order valence-corrected chi connectivity index (χ0v) is 16.1. The van der Waals surface area contributed by atoms with E-state index >= 15 is 0 Å². The Balaban J connectivity index is 1.77. The second-order valence-electron chi connectivity index (χ2n) is 6.60. The van der Waals surface area contributed by atoms with Gasteiger partial charge in [0.15, 0.2) is 0 Å². The Kier molecular flexibility index (Phi) is 5.26. The van der Waals surface area contributed by atoms with E-state index in [2.05, 4.69) is 10.3 Å². The van der Waals surface area contributed by atoms with E-state index in [-0.39, 0.29) is 17.8 Å². The summed E-state index contributed by atoms with van der Waals surface area (Å²) in [6.45, 7) is 0.0281. The van der Waals surface area contributed by atoms with Crippen molar-refractivity contribution >= 4 is 23.1 Å². The molecule has 150 valence electrons. The molecular formula is C23H18FN3O3. The van der Waals surface area contributed by atoms with Crippen LogP contribution in [0.4, 0.5) is 10.1 Å². The smallest absolute Gasteiger partial charge is 0.278 e. The van der Waals surface area contributed by atoms with Crippen molar-refractivity contribution in [1.29, 1.82) is 0 Å². The zero-order chi connectivity index (χ0) is 21.1. The van der Waals surface area contributed by atoms with Gasteiger partial charge in [-0.2, -0.15) is 0 Å². The van der Waals surface area contributed by atoms with E-state index in [4.69, 9.17) is 4.74 Å². The van der Waals surface area contributed by atoms with Crippen LogP contribution in [0.5, 0.6) is 5.75 Å². The first-order valence-corrected chi connectivity index (χ1v) is 9.25. The largest absolute Gasteiger partial charge is 0.495 e. The van der Waals surface area contributed by atoms with Gasteiger partial charge in [0.25, 0.3) is 11.8 Å². The van der Waals surface area contributed by atoms with Crippen LogP contribution < -0.4 is 10.1 Å². The van der Waals surface area contributed by atoms with Gasteiger partial charge in [0.1, 0.15) is 17.3 Å². The minimum atomic E-state index is -0.490. The van der Waals surface area contributed by atoms with Crippen LogP contribution >= 0.6 is 0 Å². The van der Waals surface area contributed by atoms with Crippen LogP contribution in [0.3, 0.4) is 0 Å². The lowest BCUT2D eigenvalue weighted by atomic mass is 10.0. The fourth-order valence-electron chi connectivity index (χ4n) is 3.26. The third-order valence-corrected chi connectivity index (χ3v) is 4.71. The number of benzene rings is 2. The number of carbonyl (C=O) groups is 2. The molecule has 0 atom stereocenters. The topological polar surface area (TPSA) is 71.5 Å². The zero-order valence-electron chi connectivity index (χ0n) is 16.1. The third-order valence-electron chi connectivity index (χ3n) is 4.71. The number of halogens is 1.